The average molecular weight is 635 g/mol. The van der Waals surface area contributed by atoms with Crippen molar-refractivity contribution in [2.45, 2.75) is 43.8 Å². The van der Waals surface area contributed by atoms with Gasteiger partial charge in [-0.1, -0.05) is 5.16 Å². The van der Waals surface area contributed by atoms with Gasteiger partial charge in [0.05, 0.1) is 0 Å². The molecule has 43 heavy (non-hydrogen) atoms. The van der Waals surface area contributed by atoms with Gasteiger partial charge in [-0.25, -0.2) is 14.2 Å². The first-order valence-corrected chi connectivity index (χ1v) is 14.9. The number of carboxylic acids is 2. The van der Waals surface area contributed by atoms with Gasteiger partial charge in [-0.2, -0.15) is 9.36 Å². The summed E-state index contributed by atoms with van der Waals surface area (Å²) in [7, 11) is 1.90. The predicted octanol–water partition coefficient (Wildman–Crippen LogP) is -0.548. The minimum absolute atomic E-state index is 0.0267. The zero-order valence-electron chi connectivity index (χ0n) is 23.6. The fourth-order valence-corrected chi connectivity index (χ4v) is 5.90. The summed E-state index contributed by atoms with van der Waals surface area (Å²) in [6.45, 7) is 4.43. The number of nitrogens with one attached hydrogen (secondary N) is 3. The highest BCUT2D eigenvalue weighted by Gasteiger charge is 2.55. The van der Waals surface area contributed by atoms with E-state index >= 15 is 0 Å². The molecule has 2 aliphatic heterocycles. The van der Waals surface area contributed by atoms with Gasteiger partial charge >= 0.3 is 11.9 Å². The summed E-state index contributed by atoms with van der Waals surface area (Å²) in [6.07, 6.45) is 4.63. The molecule has 2 aromatic heterocycles. The van der Waals surface area contributed by atoms with E-state index in [4.69, 9.17) is 10.6 Å². The zero-order chi connectivity index (χ0) is 31.3. The number of carbonyl (C=O) groups is 4. The number of hydrogen-bond donors (Lipinski definition) is 6. The van der Waals surface area contributed by atoms with Crippen LogP contribution in [0.15, 0.2) is 41.0 Å². The molecule has 0 bridgehead atoms. The molecule has 16 nitrogen and oxygen atoms in total. The first kappa shape index (κ1) is 31.6. The maximum Gasteiger partial charge on any atom is 0.352 e. The van der Waals surface area contributed by atoms with Crippen molar-refractivity contribution in [1.29, 1.82) is 0 Å². The van der Waals surface area contributed by atoms with Crippen molar-refractivity contribution < 1.29 is 38.8 Å². The summed E-state index contributed by atoms with van der Waals surface area (Å²) in [4.78, 5) is 60.3. The van der Waals surface area contributed by atoms with Crippen molar-refractivity contribution in [2.75, 3.05) is 36.9 Å². The topological polar surface area (TPSA) is 225 Å². The van der Waals surface area contributed by atoms with Crippen molar-refractivity contribution in [1.82, 2.24) is 24.9 Å². The normalized spacial score (nSPS) is 18.5. The number of fused-ring (bicyclic) bond motifs is 1. The monoisotopic (exact) mass is 634 g/mol. The number of thioether (sulfide) groups is 1. The Morgan fingerprint density at radius 2 is 1.98 bits per heavy atom. The third-order valence-corrected chi connectivity index (χ3v) is 8.36. The summed E-state index contributed by atoms with van der Waals surface area (Å²) in [5, 5.41) is 31.3. The van der Waals surface area contributed by atoms with E-state index in [0.29, 0.717) is 11.3 Å². The van der Waals surface area contributed by atoms with E-state index in [1.807, 2.05) is 36.1 Å². The van der Waals surface area contributed by atoms with Gasteiger partial charge in [0, 0.05) is 47.2 Å². The van der Waals surface area contributed by atoms with Gasteiger partial charge in [0.1, 0.15) is 17.1 Å². The standard InChI is InChI=1S/C25H31N9O7S2/c1-25(2,23(39)40)41-31-15(18-30-24(26)43-32-18)19(35)29-16-20(36)34-17(22(37)38)13(12-42-21(16)34)11-33-9-5-14(6-10-33)28-8-4-7-27-3/h5-6,9-10,16,21,27H,4,7-8,11-12H2,1-3H3,(H5,26,29,30,32,35,37,38,39,40)/p+1/b31-15-/t16-,21-/m1/s1. The summed E-state index contributed by atoms with van der Waals surface area (Å²) < 4.78 is 5.77. The van der Waals surface area contributed by atoms with Gasteiger partial charge in [0.2, 0.25) is 17.1 Å². The van der Waals surface area contributed by atoms with Crippen LogP contribution in [0.3, 0.4) is 0 Å². The molecule has 0 aromatic carbocycles. The lowest BCUT2D eigenvalue weighted by Crippen LogP contribution is -2.71. The molecule has 0 unspecified atom stereocenters. The van der Waals surface area contributed by atoms with E-state index in [1.165, 1.54) is 25.6 Å². The van der Waals surface area contributed by atoms with Crippen molar-refractivity contribution in [3.63, 3.8) is 0 Å². The van der Waals surface area contributed by atoms with E-state index in [9.17, 15) is 29.4 Å². The van der Waals surface area contributed by atoms with Gasteiger partial charge in [-0.3, -0.25) is 14.5 Å². The average Bonchev–Trinajstić information content (AvgIpc) is 3.40. The van der Waals surface area contributed by atoms with Crippen molar-refractivity contribution >= 4 is 63.6 Å². The summed E-state index contributed by atoms with van der Waals surface area (Å²) in [5.74, 6) is -4.04. The fraction of sp³-hybridized carbons (Fsp3) is 0.440. The molecule has 230 valence electrons. The van der Waals surface area contributed by atoms with Crippen LogP contribution < -0.4 is 26.3 Å². The maximum absolute atomic E-state index is 13.2. The summed E-state index contributed by atoms with van der Waals surface area (Å²) in [6, 6.07) is 2.71. The lowest BCUT2D eigenvalue weighted by atomic mass is 10.0. The highest BCUT2D eigenvalue weighted by molar-refractivity contribution is 8.00. The van der Waals surface area contributed by atoms with Crippen LogP contribution in [0.2, 0.25) is 0 Å². The number of nitrogens with two attached hydrogens (primary N) is 1. The minimum atomic E-state index is -1.78. The highest BCUT2D eigenvalue weighted by atomic mass is 32.2. The fourth-order valence-electron chi connectivity index (χ4n) is 4.13. The molecular weight excluding hydrogens is 602 g/mol. The highest BCUT2D eigenvalue weighted by Crippen LogP contribution is 2.40. The van der Waals surface area contributed by atoms with Crippen LogP contribution in [0, 0.1) is 0 Å². The summed E-state index contributed by atoms with van der Waals surface area (Å²) in [5.41, 5.74) is 4.71. The number of hydrogen-bond acceptors (Lipinski definition) is 13. The minimum Gasteiger partial charge on any atom is -0.478 e. The van der Waals surface area contributed by atoms with Crippen LogP contribution >= 0.6 is 23.3 Å². The number of pyridine rings is 1. The van der Waals surface area contributed by atoms with Crippen molar-refractivity contribution in [2.24, 2.45) is 5.16 Å². The molecule has 2 amide bonds. The van der Waals surface area contributed by atoms with Crippen LogP contribution in [0.4, 0.5) is 10.8 Å². The van der Waals surface area contributed by atoms with Gasteiger partial charge in [0.15, 0.2) is 24.1 Å². The van der Waals surface area contributed by atoms with Crippen LogP contribution in [-0.4, -0.2) is 96.8 Å². The van der Waals surface area contributed by atoms with E-state index in [1.54, 1.807) is 0 Å². The summed E-state index contributed by atoms with van der Waals surface area (Å²) >= 11 is 2.09. The van der Waals surface area contributed by atoms with Gasteiger partial charge < -0.3 is 36.7 Å². The number of amides is 2. The molecule has 2 atom stereocenters. The Kier molecular flexibility index (Phi) is 9.82. The number of rotatable bonds is 14. The van der Waals surface area contributed by atoms with Crippen LogP contribution in [0.25, 0.3) is 0 Å². The van der Waals surface area contributed by atoms with E-state index in [-0.39, 0.29) is 23.2 Å². The number of aliphatic carboxylic acids is 2. The third kappa shape index (κ3) is 7.20. The number of oxime groups is 1. The first-order valence-electron chi connectivity index (χ1n) is 13.1. The Balaban J connectivity index is 1.47. The molecule has 0 spiro atoms. The molecule has 2 aromatic rings. The van der Waals surface area contributed by atoms with Crippen LogP contribution in [0.5, 0.6) is 0 Å². The quantitative estimate of drug-likeness (QED) is 0.0505. The molecule has 7 N–H and O–H groups in total. The smallest absolute Gasteiger partial charge is 0.352 e. The van der Waals surface area contributed by atoms with E-state index < -0.39 is 46.5 Å². The Bertz CT molecular complexity index is 1460. The lowest BCUT2D eigenvalue weighted by Gasteiger charge is -2.49. The van der Waals surface area contributed by atoms with E-state index in [2.05, 4.69) is 30.5 Å². The molecule has 0 radical (unpaired) electrons. The van der Waals surface area contributed by atoms with Gasteiger partial charge in [0.25, 0.3) is 11.8 Å². The largest absolute Gasteiger partial charge is 0.478 e. The van der Waals surface area contributed by atoms with Gasteiger partial charge in [-0.15, -0.1) is 11.8 Å². The molecule has 2 aliphatic rings. The molecule has 4 rings (SSSR count). The first-order chi connectivity index (χ1) is 20.4. The number of carboxylic acid groups (broad SMARTS) is 2. The zero-order valence-corrected chi connectivity index (χ0v) is 25.2. The Hall–Kier alpha value is -4.29. The lowest BCUT2D eigenvalue weighted by molar-refractivity contribution is -0.688. The van der Waals surface area contributed by atoms with E-state index in [0.717, 1.165) is 41.6 Å². The number of nitrogen functional groups attached to an aromatic ring is 1. The number of anilines is 2. The van der Waals surface area contributed by atoms with Crippen LogP contribution in [-0.2, 0) is 30.6 Å². The number of β-lactam (4-membered cyclic amide) rings is 1. The second kappa shape index (κ2) is 13.3. The molecule has 4 heterocycles. The molecule has 1 fully saturated rings. The molecular formula is C25H32N9O7S2+. The number of nitrogens with zero attached hydrogens (tertiary/aromatic N) is 5. The number of carbonyl (C=O) groups excluding carboxylic acids is 2. The molecule has 1 saturated heterocycles. The Labute approximate surface area is 254 Å². The van der Waals surface area contributed by atoms with Gasteiger partial charge in [-0.05, 0) is 33.9 Å². The second-order valence-electron chi connectivity index (χ2n) is 10.1. The Morgan fingerprint density at radius 3 is 2.58 bits per heavy atom. The molecule has 18 heteroatoms. The number of aromatic nitrogens is 3. The third-order valence-electron chi connectivity index (χ3n) is 6.48. The predicted molar refractivity (Wildman–Crippen MR) is 157 cm³/mol. The second-order valence-corrected chi connectivity index (χ2v) is 12.0. The maximum atomic E-state index is 13.2. The van der Waals surface area contributed by atoms with Crippen molar-refractivity contribution in [3.8, 4) is 0 Å². The van der Waals surface area contributed by atoms with Crippen molar-refractivity contribution in [3.05, 3.63) is 41.6 Å². The molecule has 0 saturated carbocycles. The Morgan fingerprint density at radius 1 is 1.26 bits per heavy atom. The SMILES string of the molecule is CNCCCNc1cc[n+](CC2=C(C(=O)O)N3C(=O)[C@@H](NC(=O)/C(=N\OC(C)(C)C(=O)O)c4nsc(N)n4)[C@H]3SC2)cc1. The molecule has 0 aliphatic carbocycles. The van der Waals surface area contributed by atoms with Crippen LogP contribution in [0.1, 0.15) is 26.1 Å².